The van der Waals surface area contributed by atoms with Crippen LogP contribution in [-0.4, -0.2) is 53.4 Å². The Morgan fingerprint density at radius 1 is 1.35 bits per heavy atom. The Balaban J connectivity index is 1.62. The first-order valence-electron chi connectivity index (χ1n) is 7.00. The van der Waals surface area contributed by atoms with Gasteiger partial charge in [0.2, 0.25) is 0 Å². The molecule has 0 aromatic rings. The molecule has 2 rings (SSSR count). The van der Waals surface area contributed by atoms with Crippen molar-refractivity contribution in [3.05, 3.63) is 0 Å². The molecule has 7 heteroatoms. The summed E-state index contributed by atoms with van der Waals surface area (Å²) in [4.78, 5) is 22.5. The van der Waals surface area contributed by atoms with E-state index >= 15 is 0 Å². The molecule has 0 aromatic heterocycles. The molecule has 2 unspecified atom stereocenters. The number of aliphatic carboxylic acids is 1. The molecule has 2 aliphatic rings. The molecule has 2 amide bonds. The van der Waals surface area contributed by atoms with Crippen LogP contribution in [0.5, 0.6) is 0 Å². The second kappa shape index (κ2) is 6.67. The lowest BCUT2D eigenvalue weighted by Crippen LogP contribution is -2.49. The van der Waals surface area contributed by atoms with Gasteiger partial charge in [0.15, 0.2) is 6.10 Å². The Morgan fingerprint density at radius 2 is 2.10 bits per heavy atom. The van der Waals surface area contributed by atoms with Crippen molar-refractivity contribution in [3.63, 3.8) is 0 Å². The van der Waals surface area contributed by atoms with Crippen LogP contribution in [0, 0.1) is 0 Å². The summed E-state index contributed by atoms with van der Waals surface area (Å²) in [6, 6.07) is -0.201. The molecule has 20 heavy (non-hydrogen) atoms. The van der Waals surface area contributed by atoms with Gasteiger partial charge in [-0.3, -0.25) is 0 Å². The SMILES string of the molecule is CSC1(CNC(=O)NCC2CCC(C(=O)O)O2)CCC1. The van der Waals surface area contributed by atoms with Crippen molar-refractivity contribution in [2.24, 2.45) is 0 Å². The fraction of sp³-hybridized carbons (Fsp3) is 0.846. The van der Waals surface area contributed by atoms with E-state index in [-0.39, 0.29) is 16.9 Å². The summed E-state index contributed by atoms with van der Waals surface area (Å²) in [5.41, 5.74) is 0. The Hall–Kier alpha value is -0.950. The van der Waals surface area contributed by atoms with Crippen molar-refractivity contribution in [2.75, 3.05) is 19.3 Å². The van der Waals surface area contributed by atoms with E-state index in [0.717, 1.165) is 12.8 Å². The molecule has 0 spiro atoms. The molecule has 0 radical (unpaired) electrons. The highest BCUT2D eigenvalue weighted by molar-refractivity contribution is 8.00. The highest BCUT2D eigenvalue weighted by Gasteiger charge is 2.36. The van der Waals surface area contributed by atoms with Crippen LogP contribution in [0.15, 0.2) is 0 Å². The third-order valence-electron chi connectivity index (χ3n) is 4.14. The van der Waals surface area contributed by atoms with E-state index in [9.17, 15) is 9.59 Å². The zero-order valence-electron chi connectivity index (χ0n) is 11.7. The molecule has 6 nitrogen and oxygen atoms in total. The van der Waals surface area contributed by atoms with Crippen LogP contribution in [0.1, 0.15) is 32.1 Å². The number of carboxylic acids is 1. The van der Waals surface area contributed by atoms with Gasteiger partial charge in [-0.25, -0.2) is 9.59 Å². The molecule has 1 aliphatic carbocycles. The standard InChI is InChI=1S/C13H22N2O4S/c1-20-13(5-2-6-13)8-15-12(18)14-7-9-3-4-10(19-9)11(16)17/h9-10H,2-8H2,1H3,(H,16,17)(H2,14,15,18). The number of hydrogen-bond donors (Lipinski definition) is 3. The molecule has 2 atom stereocenters. The normalized spacial score (nSPS) is 27.6. The molecule has 114 valence electrons. The van der Waals surface area contributed by atoms with Gasteiger partial charge in [-0.1, -0.05) is 6.42 Å². The summed E-state index contributed by atoms with van der Waals surface area (Å²) in [6.45, 7) is 1.05. The summed E-state index contributed by atoms with van der Waals surface area (Å²) in [5.74, 6) is -0.927. The van der Waals surface area contributed by atoms with Gasteiger partial charge in [-0.05, 0) is 31.9 Å². The van der Waals surface area contributed by atoms with Crippen LogP contribution in [-0.2, 0) is 9.53 Å². The highest BCUT2D eigenvalue weighted by Crippen LogP contribution is 2.42. The van der Waals surface area contributed by atoms with Crippen LogP contribution in [0.2, 0.25) is 0 Å². The first-order chi connectivity index (χ1) is 9.54. The number of carbonyl (C=O) groups excluding carboxylic acids is 1. The fourth-order valence-electron chi connectivity index (χ4n) is 2.57. The Morgan fingerprint density at radius 3 is 2.60 bits per heavy atom. The van der Waals surface area contributed by atoms with Crippen LogP contribution < -0.4 is 10.6 Å². The van der Waals surface area contributed by atoms with Crippen molar-refractivity contribution in [1.29, 1.82) is 0 Å². The molecule has 0 aromatic carbocycles. The van der Waals surface area contributed by atoms with Gasteiger partial charge in [0.05, 0.1) is 6.10 Å². The lowest BCUT2D eigenvalue weighted by molar-refractivity contribution is -0.149. The van der Waals surface area contributed by atoms with Gasteiger partial charge >= 0.3 is 12.0 Å². The van der Waals surface area contributed by atoms with Crippen molar-refractivity contribution in [2.45, 2.75) is 49.1 Å². The maximum absolute atomic E-state index is 11.7. The minimum absolute atomic E-state index is 0.194. The van der Waals surface area contributed by atoms with E-state index in [1.54, 1.807) is 0 Å². The molecule has 1 saturated carbocycles. The van der Waals surface area contributed by atoms with Gasteiger partial charge in [-0.15, -0.1) is 0 Å². The predicted octanol–water partition coefficient (Wildman–Crippen LogP) is 1.20. The number of rotatable bonds is 6. The van der Waals surface area contributed by atoms with Crippen molar-refractivity contribution in [3.8, 4) is 0 Å². The Labute approximate surface area is 123 Å². The second-order valence-corrected chi connectivity index (χ2v) is 6.74. The lowest BCUT2D eigenvalue weighted by Gasteiger charge is -2.40. The molecule has 1 aliphatic heterocycles. The summed E-state index contributed by atoms with van der Waals surface area (Å²) >= 11 is 1.82. The average molecular weight is 302 g/mol. The summed E-state index contributed by atoms with van der Waals surface area (Å²) < 4.78 is 5.54. The third kappa shape index (κ3) is 3.79. The smallest absolute Gasteiger partial charge is 0.332 e. The number of thioether (sulfide) groups is 1. The minimum Gasteiger partial charge on any atom is -0.479 e. The number of nitrogens with one attached hydrogen (secondary N) is 2. The number of carbonyl (C=O) groups is 2. The second-order valence-electron chi connectivity index (χ2n) is 5.47. The molecule has 1 heterocycles. The molecule has 0 bridgehead atoms. The number of ether oxygens (including phenoxy) is 1. The number of urea groups is 1. The average Bonchev–Trinajstić information content (AvgIpc) is 2.84. The largest absolute Gasteiger partial charge is 0.479 e. The van der Waals surface area contributed by atoms with E-state index in [1.165, 1.54) is 6.42 Å². The third-order valence-corrected chi connectivity index (χ3v) is 5.56. The van der Waals surface area contributed by atoms with Gasteiger partial charge < -0.3 is 20.5 Å². The Kier molecular flexibility index (Phi) is 5.15. The summed E-state index contributed by atoms with van der Waals surface area (Å²) in [7, 11) is 0. The summed E-state index contributed by atoms with van der Waals surface area (Å²) in [6.07, 6.45) is 5.89. The topological polar surface area (TPSA) is 87.7 Å². The van der Waals surface area contributed by atoms with Crippen molar-refractivity contribution in [1.82, 2.24) is 10.6 Å². The van der Waals surface area contributed by atoms with Gasteiger partial charge in [-0.2, -0.15) is 11.8 Å². The van der Waals surface area contributed by atoms with E-state index < -0.39 is 12.1 Å². The number of carboxylic acid groups (broad SMARTS) is 1. The first-order valence-corrected chi connectivity index (χ1v) is 8.22. The monoisotopic (exact) mass is 302 g/mol. The number of amides is 2. The summed E-state index contributed by atoms with van der Waals surface area (Å²) in [5, 5.41) is 14.5. The van der Waals surface area contributed by atoms with Gasteiger partial charge in [0, 0.05) is 17.8 Å². The highest BCUT2D eigenvalue weighted by atomic mass is 32.2. The van der Waals surface area contributed by atoms with E-state index in [0.29, 0.717) is 25.9 Å². The van der Waals surface area contributed by atoms with E-state index in [2.05, 4.69) is 16.9 Å². The van der Waals surface area contributed by atoms with E-state index in [4.69, 9.17) is 9.84 Å². The zero-order valence-corrected chi connectivity index (χ0v) is 12.5. The van der Waals surface area contributed by atoms with Crippen molar-refractivity contribution < 1.29 is 19.4 Å². The number of hydrogen-bond acceptors (Lipinski definition) is 4. The molecule has 2 fully saturated rings. The minimum atomic E-state index is -0.927. The first kappa shape index (κ1) is 15.4. The maximum Gasteiger partial charge on any atom is 0.332 e. The molecular formula is C13H22N2O4S. The maximum atomic E-state index is 11.7. The quantitative estimate of drug-likeness (QED) is 0.686. The van der Waals surface area contributed by atoms with Crippen LogP contribution in [0.4, 0.5) is 4.79 Å². The lowest BCUT2D eigenvalue weighted by atomic mass is 9.84. The Bertz CT molecular complexity index is 368. The van der Waals surface area contributed by atoms with Crippen LogP contribution in [0.3, 0.4) is 0 Å². The van der Waals surface area contributed by atoms with Gasteiger partial charge in [0.25, 0.3) is 0 Å². The predicted molar refractivity (Wildman–Crippen MR) is 77.0 cm³/mol. The molecule has 3 N–H and O–H groups in total. The van der Waals surface area contributed by atoms with Crippen molar-refractivity contribution >= 4 is 23.8 Å². The molecule has 1 saturated heterocycles. The van der Waals surface area contributed by atoms with Crippen LogP contribution in [0.25, 0.3) is 0 Å². The molecular weight excluding hydrogens is 280 g/mol. The zero-order chi connectivity index (χ0) is 14.6. The van der Waals surface area contributed by atoms with E-state index in [1.807, 2.05) is 11.8 Å². The van der Waals surface area contributed by atoms with Crippen LogP contribution >= 0.6 is 11.8 Å². The van der Waals surface area contributed by atoms with Gasteiger partial charge in [0.1, 0.15) is 0 Å². The fourth-order valence-corrected chi connectivity index (χ4v) is 3.49.